The molecule has 0 aliphatic rings. The molecule has 0 amide bonds. The Morgan fingerprint density at radius 3 is 1.50 bits per heavy atom. The fourth-order valence-electron chi connectivity index (χ4n) is 2.55. The second-order valence-electron chi connectivity index (χ2n) is 5.18. The van der Waals surface area contributed by atoms with E-state index in [0.29, 0.717) is 0 Å². The summed E-state index contributed by atoms with van der Waals surface area (Å²) in [6.45, 7) is 0. The third-order valence-electron chi connectivity index (χ3n) is 3.68. The molecule has 0 atom stereocenters. The van der Waals surface area contributed by atoms with E-state index < -0.39 is 0 Å². The molecular weight excluding hydrogens is 332 g/mol. The van der Waals surface area contributed by atoms with Crippen LogP contribution in [0.15, 0.2) is 97.1 Å². The van der Waals surface area contributed by atoms with Crippen LogP contribution in [0.3, 0.4) is 0 Å². The van der Waals surface area contributed by atoms with Gasteiger partial charge in [-0.1, -0.05) is 113 Å². The van der Waals surface area contributed by atoms with Crippen LogP contribution < -0.4 is 0 Å². The minimum Gasteiger partial charge on any atom is -0.0622 e. The van der Waals surface area contributed by atoms with E-state index >= 15 is 0 Å². The number of allylic oxidation sites excluding steroid dienone is 1. The summed E-state index contributed by atoms with van der Waals surface area (Å²) in [6.07, 6.45) is 2.28. The van der Waals surface area contributed by atoms with Crippen molar-refractivity contribution in [1.29, 1.82) is 0 Å². The van der Waals surface area contributed by atoms with E-state index in [0.717, 1.165) is 4.48 Å². The first-order valence-corrected chi connectivity index (χ1v) is 8.16. The highest BCUT2D eigenvalue weighted by molar-refractivity contribution is 9.15. The lowest BCUT2D eigenvalue weighted by Crippen LogP contribution is -1.98. The van der Waals surface area contributed by atoms with Gasteiger partial charge in [0.2, 0.25) is 0 Å². The molecule has 0 saturated heterocycles. The second-order valence-corrected chi connectivity index (χ2v) is 6.03. The van der Waals surface area contributed by atoms with Crippen molar-refractivity contribution in [1.82, 2.24) is 0 Å². The molecule has 0 nitrogen and oxygen atoms in total. The molecule has 0 radical (unpaired) electrons. The quantitative estimate of drug-likeness (QED) is 0.522. The largest absolute Gasteiger partial charge is 0.0622 e. The molecule has 108 valence electrons. The standard InChI is InChI=1S/C21H17Br/c22-21(19-14-8-3-9-15-19)16-20(17-10-4-1-5-11-17)18-12-6-2-7-13-18/h1-16,20H/b21-16+. The zero-order valence-corrected chi connectivity index (χ0v) is 13.8. The molecule has 0 spiro atoms. The molecule has 3 aromatic rings. The summed E-state index contributed by atoms with van der Waals surface area (Å²) in [5.41, 5.74) is 3.78. The molecule has 0 heterocycles. The monoisotopic (exact) mass is 348 g/mol. The summed E-state index contributed by atoms with van der Waals surface area (Å²) in [5, 5.41) is 0. The third kappa shape index (κ3) is 3.55. The van der Waals surface area contributed by atoms with Crippen molar-refractivity contribution in [3.8, 4) is 0 Å². The topological polar surface area (TPSA) is 0 Å². The van der Waals surface area contributed by atoms with Crippen LogP contribution in [-0.4, -0.2) is 0 Å². The SMILES string of the molecule is Br/C(=C/C(c1ccccc1)c1ccccc1)c1ccccc1. The minimum absolute atomic E-state index is 0.233. The molecule has 22 heavy (non-hydrogen) atoms. The van der Waals surface area contributed by atoms with Gasteiger partial charge < -0.3 is 0 Å². The molecule has 0 aliphatic carbocycles. The van der Waals surface area contributed by atoms with Crippen molar-refractivity contribution in [2.45, 2.75) is 5.92 Å². The van der Waals surface area contributed by atoms with Crippen LogP contribution in [-0.2, 0) is 0 Å². The lowest BCUT2D eigenvalue weighted by molar-refractivity contribution is 1.03. The average molecular weight is 349 g/mol. The van der Waals surface area contributed by atoms with Crippen LogP contribution in [0.5, 0.6) is 0 Å². The Morgan fingerprint density at radius 2 is 1.05 bits per heavy atom. The Bertz CT molecular complexity index is 691. The van der Waals surface area contributed by atoms with Gasteiger partial charge in [0, 0.05) is 10.4 Å². The highest BCUT2D eigenvalue weighted by atomic mass is 79.9. The van der Waals surface area contributed by atoms with Gasteiger partial charge in [0.15, 0.2) is 0 Å². The predicted molar refractivity (Wildman–Crippen MR) is 98.1 cm³/mol. The Morgan fingerprint density at radius 1 is 0.636 bits per heavy atom. The maximum Gasteiger partial charge on any atom is 0.0283 e. The summed E-state index contributed by atoms with van der Waals surface area (Å²) in [7, 11) is 0. The van der Waals surface area contributed by atoms with Gasteiger partial charge in [-0.25, -0.2) is 0 Å². The molecule has 1 heteroatoms. The molecule has 0 aromatic heterocycles. The number of hydrogen-bond acceptors (Lipinski definition) is 0. The Hall–Kier alpha value is -2.12. The van der Waals surface area contributed by atoms with Gasteiger partial charge in [-0.2, -0.15) is 0 Å². The zero-order chi connectivity index (χ0) is 15.2. The van der Waals surface area contributed by atoms with Crippen LogP contribution >= 0.6 is 15.9 Å². The van der Waals surface area contributed by atoms with Crippen LogP contribution in [0.1, 0.15) is 22.6 Å². The Kier molecular flexibility index (Phi) is 4.87. The van der Waals surface area contributed by atoms with E-state index in [4.69, 9.17) is 0 Å². The minimum atomic E-state index is 0.233. The second kappa shape index (κ2) is 7.24. The fourth-order valence-corrected chi connectivity index (χ4v) is 3.07. The molecule has 0 N–H and O–H groups in total. The maximum atomic E-state index is 3.74. The van der Waals surface area contributed by atoms with E-state index in [1.807, 2.05) is 6.07 Å². The summed E-state index contributed by atoms with van der Waals surface area (Å²) >= 11 is 3.74. The van der Waals surface area contributed by atoms with E-state index in [2.05, 4.69) is 107 Å². The van der Waals surface area contributed by atoms with Gasteiger partial charge in [-0.05, 0) is 16.7 Å². The summed E-state index contributed by atoms with van der Waals surface area (Å²) < 4.78 is 1.12. The highest BCUT2D eigenvalue weighted by Crippen LogP contribution is 2.31. The molecule has 0 saturated carbocycles. The molecular formula is C21H17Br. The van der Waals surface area contributed by atoms with Crippen molar-refractivity contribution in [3.63, 3.8) is 0 Å². The summed E-state index contributed by atoms with van der Waals surface area (Å²) in [4.78, 5) is 0. The smallest absolute Gasteiger partial charge is 0.0283 e. The van der Waals surface area contributed by atoms with Gasteiger partial charge >= 0.3 is 0 Å². The lowest BCUT2D eigenvalue weighted by Gasteiger charge is -2.15. The Balaban J connectivity index is 2.03. The highest BCUT2D eigenvalue weighted by Gasteiger charge is 2.12. The number of hydrogen-bond donors (Lipinski definition) is 0. The van der Waals surface area contributed by atoms with E-state index in [1.54, 1.807) is 0 Å². The van der Waals surface area contributed by atoms with Gasteiger partial charge in [-0.3, -0.25) is 0 Å². The average Bonchev–Trinajstić information content (AvgIpc) is 2.62. The van der Waals surface area contributed by atoms with Gasteiger partial charge in [0.1, 0.15) is 0 Å². The van der Waals surface area contributed by atoms with Crippen LogP contribution in [0.25, 0.3) is 4.48 Å². The van der Waals surface area contributed by atoms with E-state index in [-0.39, 0.29) is 5.92 Å². The first-order chi connectivity index (χ1) is 10.8. The molecule has 0 aliphatic heterocycles. The van der Waals surface area contributed by atoms with E-state index in [9.17, 15) is 0 Å². The van der Waals surface area contributed by atoms with Gasteiger partial charge in [-0.15, -0.1) is 0 Å². The normalized spacial score (nSPS) is 11.6. The molecule has 0 bridgehead atoms. The predicted octanol–water partition coefficient (Wildman–Crippen LogP) is 6.25. The number of benzene rings is 3. The zero-order valence-electron chi connectivity index (χ0n) is 12.2. The van der Waals surface area contributed by atoms with Crippen LogP contribution in [0.2, 0.25) is 0 Å². The van der Waals surface area contributed by atoms with Gasteiger partial charge in [0.25, 0.3) is 0 Å². The number of rotatable bonds is 4. The Labute approximate surface area is 140 Å². The first-order valence-electron chi connectivity index (χ1n) is 7.37. The maximum absolute atomic E-state index is 3.74. The van der Waals surface area contributed by atoms with Crippen molar-refractivity contribution in [2.75, 3.05) is 0 Å². The van der Waals surface area contributed by atoms with Crippen molar-refractivity contribution in [3.05, 3.63) is 114 Å². The van der Waals surface area contributed by atoms with Gasteiger partial charge in [0.05, 0.1) is 0 Å². The van der Waals surface area contributed by atoms with Crippen molar-refractivity contribution < 1.29 is 0 Å². The number of halogens is 1. The fraction of sp³-hybridized carbons (Fsp3) is 0.0476. The molecule has 0 unspecified atom stereocenters. The van der Waals surface area contributed by atoms with Crippen molar-refractivity contribution in [2.24, 2.45) is 0 Å². The van der Waals surface area contributed by atoms with Crippen LogP contribution in [0.4, 0.5) is 0 Å². The molecule has 3 aromatic carbocycles. The summed E-state index contributed by atoms with van der Waals surface area (Å²) in [5.74, 6) is 0.233. The van der Waals surface area contributed by atoms with E-state index in [1.165, 1.54) is 16.7 Å². The first kappa shape index (κ1) is 14.8. The summed E-state index contributed by atoms with van der Waals surface area (Å²) in [6, 6.07) is 31.6. The molecule has 3 rings (SSSR count). The van der Waals surface area contributed by atoms with Crippen molar-refractivity contribution >= 4 is 20.4 Å². The lowest BCUT2D eigenvalue weighted by atomic mass is 9.90. The third-order valence-corrected chi connectivity index (χ3v) is 4.40. The van der Waals surface area contributed by atoms with Crippen LogP contribution in [0, 0.1) is 0 Å². The molecule has 0 fully saturated rings.